The fourth-order valence-corrected chi connectivity index (χ4v) is 5.68. The number of unbranched alkanes of at least 4 members (excludes halogenated alkanes) is 1. The largest absolute Gasteiger partial charge is 0.339 e. The van der Waals surface area contributed by atoms with Gasteiger partial charge in [0.05, 0.1) is 0 Å². The van der Waals surface area contributed by atoms with E-state index in [9.17, 15) is 9.59 Å². The third kappa shape index (κ3) is 6.32. The molecule has 35 heavy (non-hydrogen) atoms. The van der Waals surface area contributed by atoms with E-state index in [0.29, 0.717) is 31.6 Å². The molecule has 0 N–H and O–H groups in total. The van der Waals surface area contributed by atoms with Crippen molar-refractivity contribution in [3.05, 3.63) is 70.5 Å². The average molecular weight is 557 g/mol. The van der Waals surface area contributed by atoms with Crippen LogP contribution in [0.5, 0.6) is 0 Å². The van der Waals surface area contributed by atoms with Crippen molar-refractivity contribution in [2.24, 2.45) is 0 Å². The molecule has 1 aromatic heterocycles. The average Bonchev–Trinajstić information content (AvgIpc) is 3.23. The molecule has 7 nitrogen and oxygen atoms in total. The van der Waals surface area contributed by atoms with Gasteiger partial charge in [0.25, 0.3) is 5.91 Å². The molecule has 0 saturated carbocycles. The Morgan fingerprint density at radius 2 is 1.86 bits per heavy atom. The monoisotopic (exact) mass is 555 g/mol. The zero-order valence-corrected chi connectivity index (χ0v) is 22.5. The lowest BCUT2D eigenvalue weighted by molar-refractivity contribution is -0.133. The molecular weight excluding hydrogens is 526 g/mol. The van der Waals surface area contributed by atoms with Crippen LogP contribution in [0.1, 0.15) is 42.4 Å². The fraction of sp³-hybridized carbons (Fsp3) is 0.385. The topological polar surface area (TPSA) is 71.3 Å². The van der Waals surface area contributed by atoms with Gasteiger partial charge in [-0.3, -0.25) is 14.2 Å². The Balaban J connectivity index is 1.21. The minimum atomic E-state index is -0.0117. The van der Waals surface area contributed by atoms with Crippen LogP contribution in [-0.4, -0.2) is 67.8 Å². The van der Waals surface area contributed by atoms with Crippen LogP contribution in [0.3, 0.4) is 0 Å². The lowest BCUT2D eigenvalue weighted by Crippen LogP contribution is -2.55. The number of aryl methyl sites for hydroxylation is 1. The van der Waals surface area contributed by atoms with Crippen molar-refractivity contribution in [3.63, 3.8) is 0 Å². The number of carbonyl (C=O) groups excluding carboxylic acids is 2. The molecule has 1 aliphatic heterocycles. The van der Waals surface area contributed by atoms with Gasteiger partial charge in [-0.1, -0.05) is 52.0 Å². The fourth-order valence-electron chi connectivity index (χ4n) is 4.28. The number of carbonyl (C=O) groups is 2. The highest BCUT2D eigenvalue weighted by atomic mass is 79.9. The van der Waals surface area contributed by atoms with Crippen LogP contribution in [0, 0.1) is 6.92 Å². The number of benzene rings is 2. The number of aromatic nitrogens is 3. The molecule has 0 spiro atoms. The molecular formula is C26H30BrN5O2S. The summed E-state index contributed by atoms with van der Waals surface area (Å²) in [5.41, 5.74) is 1.72. The molecule has 0 aliphatic carbocycles. The van der Waals surface area contributed by atoms with Crippen molar-refractivity contribution >= 4 is 39.5 Å². The molecule has 3 aromatic rings. The summed E-state index contributed by atoms with van der Waals surface area (Å²) in [6, 6.07) is 17.5. The van der Waals surface area contributed by atoms with E-state index in [4.69, 9.17) is 0 Å². The number of rotatable bonds is 8. The zero-order chi connectivity index (χ0) is 24.8. The van der Waals surface area contributed by atoms with Crippen LogP contribution in [0.25, 0.3) is 5.69 Å². The predicted octanol–water partition coefficient (Wildman–Crippen LogP) is 4.97. The second-order valence-corrected chi connectivity index (χ2v) is 10.7. The SMILES string of the molecule is Cc1nnc(SCCCCC(=O)N2CCN(C(=O)c3cccc(Br)c3)C(C)C2)n1-c1ccccc1. The standard InChI is InChI=1S/C26H30BrN5O2S/c1-19-18-30(14-15-31(19)25(34)21-9-8-10-22(27)17-21)24(33)13-6-7-16-35-26-29-28-20(2)32(26)23-11-4-3-5-12-23/h3-5,8-12,17,19H,6-7,13-16,18H2,1-2H3. The van der Waals surface area contributed by atoms with Crippen molar-refractivity contribution in [1.29, 1.82) is 0 Å². The summed E-state index contributed by atoms with van der Waals surface area (Å²) in [6.45, 7) is 5.68. The number of para-hydroxylation sites is 1. The number of halogens is 1. The maximum atomic E-state index is 12.9. The van der Waals surface area contributed by atoms with Gasteiger partial charge in [-0.15, -0.1) is 10.2 Å². The van der Waals surface area contributed by atoms with Crippen LogP contribution >= 0.6 is 27.7 Å². The van der Waals surface area contributed by atoms with Crippen molar-refractivity contribution < 1.29 is 9.59 Å². The Labute approximate surface area is 219 Å². The van der Waals surface area contributed by atoms with Gasteiger partial charge in [-0.05, 0) is 57.0 Å². The van der Waals surface area contributed by atoms with Gasteiger partial charge in [0.1, 0.15) is 5.82 Å². The maximum Gasteiger partial charge on any atom is 0.254 e. The first-order valence-electron chi connectivity index (χ1n) is 11.9. The molecule has 2 amide bonds. The summed E-state index contributed by atoms with van der Waals surface area (Å²) >= 11 is 5.10. The molecule has 4 rings (SSSR count). The number of thioether (sulfide) groups is 1. The van der Waals surface area contributed by atoms with E-state index in [1.165, 1.54) is 0 Å². The van der Waals surface area contributed by atoms with Crippen LogP contribution in [0.15, 0.2) is 64.2 Å². The number of hydrogen-bond donors (Lipinski definition) is 0. The van der Waals surface area contributed by atoms with E-state index in [0.717, 1.165) is 39.7 Å². The molecule has 1 aliphatic rings. The second kappa shape index (κ2) is 11.9. The van der Waals surface area contributed by atoms with E-state index in [1.54, 1.807) is 11.8 Å². The first kappa shape index (κ1) is 25.4. The van der Waals surface area contributed by atoms with Crippen molar-refractivity contribution in [2.45, 2.75) is 44.3 Å². The van der Waals surface area contributed by atoms with Gasteiger partial charge >= 0.3 is 0 Å². The Morgan fingerprint density at radius 3 is 2.60 bits per heavy atom. The maximum absolute atomic E-state index is 12.9. The van der Waals surface area contributed by atoms with E-state index in [1.807, 2.05) is 78.2 Å². The number of piperazine rings is 1. The van der Waals surface area contributed by atoms with Gasteiger partial charge in [0, 0.05) is 53.6 Å². The van der Waals surface area contributed by atoms with E-state index >= 15 is 0 Å². The highest BCUT2D eigenvalue weighted by Crippen LogP contribution is 2.23. The summed E-state index contributed by atoms with van der Waals surface area (Å²) in [5, 5.41) is 9.43. The first-order valence-corrected chi connectivity index (χ1v) is 13.7. The molecule has 2 aromatic carbocycles. The molecule has 0 bridgehead atoms. The Hall–Kier alpha value is -2.65. The lowest BCUT2D eigenvalue weighted by atomic mass is 10.1. The quantitative estimate of drug-likeness (QED) is 0.289. The molecule has 0 radical (unpaired) electrons. The summed E-state index contributed by atoms with van der Waals surface area (Å²) in [6.07, 6.45) is 2.28. The Bertz CT molecular complexity index is 1170. The van der Waals surface area contributed by atoms with Crippen molar-refractivity contribution in [2.75, 3.05) is 25.4 Å². The predicted molar refractivity (Wildman–Crippen MR) is 142 cm³/mol. The lowest BCUT2D eigenvalue weighted by Gasteiger charge is -2.40. The van der Waals surface area contributed by atoms with Crippen LogP contribution in [0.4, 0.5) is 0 Å². The van der Waals surface area contributed by atoms with Crippen LogP contribution in [-0.2, 0) is 4.79 Å². The smallest absolute Gasteiger partial charge is 0.254 e. The zero-order valence-electron chi connectivity index (χ0n) is 20.1. The minimum Gasteiger partial charge on any atom is -0.339 e. The second-order valence-electron chi connectivity index (χ2n) is 8.70. The van der Waals surface area contributed by atoms with E-state index in [-0.39, 0.29) is 17.9 Å². The highest BCUT2D eigenvalue weighted by Gasteiger charge is 2.30. The third-order valence-corrected chi connectivity index (χ3v) is 7.65. The summed E-state index contributed by atoms with van der Waals surface area (Å²) in [5.74, 6) is 1.92. The minimum absolute atomic E-state index is 0.0117. The third-order valence-electron chi connectivity index (χ3n) is 6.14. The van der Waals surface area contributed by atoms with Gasteiger partial charge in [0.15, 0.2) is 5.16 Å². The Kier molecular flexibility index (Phi) is 8.62. The molecule has 1 unspecified atom stereocenters. The summed E-state index contributed by atoms with van der Waals surface area (Å²) in [4.78, 5) is 29.5. The van der Waals surface area contributed by atoms with Gasteiger partial charge in [0.2, 0.25) is 5.91 Å². The number of amides is 2. The molecule has 2 heterocycles. The number of nitrogens with zero attached hydrogens (tertiary/aromatic N) is 5. The molecule has 1 fully saturated rings. The van der Waals surface area contributed by atoms with Gasteiger partial charge in [-0.25, -0.2) is 0 Å². The summed E-state index contributed by atoms with van der Waals surface area (Å²) < 4.78 is 2.95. The molecule has 184 valence electrons. The Morgan fingerprint density at radius 1 is 1.06 bits per heavy atom. The van der Waals surface area contributed by atoms with Gasteiger partial charge < -0.3 is 9.80 Å². The van der Waals surface area contributed by atoms with Crippen molar-refractivity contribution in [3.8, 4) is 5.69 Å². The van der Waals surface area contributed by atoms with Crippen molar-refractivity contribution in [1.82, 2.24) is 24.6 Å². The van der Waals surface area contributed by atoms with Gasteiger partial charge in [-0.2, -0.15) is 0 Å². The summed E-state index contributed by atoms with van der Waals surface area (Å²) in [7, 11) is 0. The molecule has 1 atom stereocenters. The van der Waals surface area contributed by atoms with Crippen LogP contribution < -0.4 is 0 Å². The van der Waals surface area contributed by atoms with E-state index in [2.05, 4.69) is 30.7 Å². The number of hydrogen-bond acceptors (Lipinski definition) is 5. The molecule has 1 saturated heterocycles. The normalized spacial score (nSPS) is 15.9. The first-order chi connectivity index (χ1) is 16.9. The highest BCUT2D eigenvalue weighted by molar-refractivity contribution is 9.10. The molecule has 9 heteroatoms. The van der Waals surface area contributed by atoms with E-state index < -0.39 is 0 Å². The van der Waals surface area contributed by atoms with Crippen LogP contribution in [0.2, 0.25) is 0 Å².